The van der Waals surface area contributed by atoms with E-state index in [4.69, 9.17) is 23.2 Å². The lowest BCUT2D eigenvalue weighted by atomic mass is 10.3. The molecule has 0 bridgehead atoms. The number of hydrogen-bond donors (Lipinski definition) is 3. The molecule has 3 rings (SSSR count). The van der Waals surface area contributed by atoms with Gasteiger partial charge in [0.25, 0.3) is 0 Å². The van der Waals surface area contributed by atoms with Gasteiger partial charge in [-0.15, -0.1) is 10.2 Å². The highest BCUT2D eigenvalue weighted by Crippen LogP contribution is 2.25. The lowest BCUT2D eigenvalue weighted by molar-refractivity contribution is -0.115. The van der Waals surface area contributed by atoms with Gasteiger partial charge in [-0.1, -0.05) is 52.7 Å². The molecule has 3 N–H and O–H groups in total. The summed E-state index contributed by atoms with van der Waals surface area (Å²) in [6.07, 6.45) is 0.0544. The molecule has 27 heavy (non-hydrogen) atoms. The minimum absolute atomic E-state index is 0.0544. The largest absolute Gasteiger partial charge is 0.326 e. The van der Waals surface area contributed by atoms with Gasteiger partial charge in [0, 0.05) is 10.7 Å². The van der Waals surface area contributed by atoms with E-state index in [9.17, 15) is 9.59 Å². The van der Waals surface area contributed by atoms with E-state index in [0.717, 1.165) is 11.3 Å². The molecule has 10 heteroatoms. The molecule has 0 fully saturated rings. The second kappa shape index (κ2) is 8.81. The maximum Gasteiger partial charge on any atom is 0.325 e. The molecule has 0 aliphatic rings. The van der Waals surface area contributed by atoms with Gasteiger partial charge in [0.15, 0.2) is 0 Å². The molecule has 0 radical (unpaired) electrons. The normalized spacial score (nSPS) is 10.3. The molecule has 0 atom stereocenters. The first-order valence-electron chi connectivity index (χ1n) is 7.70. The second-order valence-corrected chi connectivity index (χ2v) is 7.20. The van der Waals surface area contributed by atoms with Crippen molar-refractivity contribution in [3.63, 3.8) is 0 Å². The fraction of sp³-hybridized carbons (Fsp3) is 0.0588. The number of carbonyl (C=O) groups is 2. The number of amides is 3. The summed E-state index contributed by atoms with van der Waals surface area (Å²) < 4.78 is 0. The van der Waals surface area contributed by atoms with Gasteiger partial charge >= 0.3 is 6.03 Å². The van der Waals surface area contributed by atoms with Crippen LogP contribution in [0.2, 0.25) is 10.0 Å². The first-order valence-corrected chi connectivity index (χ1v) is 9.27. The number of anilines is 3. The summed E-state index contributed by atoms with van der Waals surface area (Å²) in [5, 5.41) is 17.2. The highest BCUT2D eigenvalue weighted by molar-refractivity contribution is 7.15. The van der Waals surface area contributed by atoms with Gasteiger partial charge in [-0.05, 0) is 30.3 Å². The number of aromatic nitrogens is 2. The van der Waals surface area contributed by atoms with Crippen molar-refractivity contribution in [1.82, 2.24) is 10.2 Å². The quantitative estimate of drug-likeness (QED) is 0.557. The Balaban J connectivity index is 1.54. The molecule has 0 saturated heterocycles. The first kappa shape index (κ1) is 19.1. The lowest BCUT2D eigenvalue weighted by Gasteiger charge is -2.07. The minimum Gasteiger partial charge on any atom is -0.326 e. The van der Waals surface area contributed by atoms with Crippen LogP contribution in [-0.4, -0.2) is 22.1 Å². The number of nitrogens with one attached hydrogen (secondary N) is 3. The van der Waals surface area contributed by atoms with Gasteiger partial charge in [0.2, 0.25) is 11.0 Å². The molecule has 138 valence electrons. The number of halogens is 2. The van der Waals surface area contributed by atoms with Crippen LogP contribution in [0.3, 0.4) is 0 Å². The van der Waals surface area contributed by atoms with Crippen molar-refractivity contribution in [3.8, 4) is 0 Å². The molecule has 1 heterocycles. The van der Waals surface area contributed by atoms with E-state index in [0.29, 0.717) is 26.4 Å². The number of para-hydroxylation sites is 1. The SMILES string of the molecule is O=C(Cc1nnc(NC(=O)Nc2ccc(Cl)cc2Cl)s1)Nc1ccccc1. The summed E-state index contributed by atoms with van der Waals surface area (Å²) in [5.74, 6) is -0.221. The van der Waals surface area contributed by atoms with Crippen LogP contribution in [0.4, 0.5) is 21.3 Å². The zero-order valence-corrected chi connectivity index (χ0v) is 16.0. The van der Waals surface area contributed by atoms with Gasteiger partial charge in [-0.3, -0.25) is 10.1 Å². The maximum absolute atomic E-state index is 12.0. The van der Waals surface area contributed by atoms with Crippen molar-refractivity contribution in [3.05, 3.63) is 63.6 Å². The molecule has 3 aromatic rings. The number of urea groups is 1. The average Bonchev–Trinajstić information content (AvgIpc) is 3.05. The molecule has 7 nitrogen and oxygen atoms in total. The van der Waals surface area contributed by atoms with Crippen LogP contribution >= 0.6 is 34.5 Å². The third-order valence-electron chi connectivity index (χ3n) is 3.24. The fourth-order valence-electron chi connectivity index (χ4n) is 2.08. The van der Waals surface area contributed by atoms with Crippen LogP contribution in [0.1, 0.15) is 5.01 Å². The van der Waals surface area contributed by atoms with Crippen molar-refractivity contribution in [2.45, 2.75) is 6.42 Å². The zero-order chi connectivity index (χ0) is 19.2. The summed E-state index contributed by atoms with van der Waals surface area (Å²) >= 11 is 12.9. The van der Waals surface area contributed by atoms with Gasteiger partial charge in [0.1, 0.15) is 5.01 Å². The van der Waals surface area contributed by atoms with Crippen molar-refractivity contribution >= 4 is 63.0 Å². The molecule has 2 aromatic carbocycles. The Bertz CT molecular complexity index is 965. The predicted octanol–water partition coefficient (Wildman–Crippen LogP) is 4.67. The third-order valence-corrected chi connectivity index (χ3v) is 4.62. The number of hydrogen-bond acceptors (Lipinski definition) is 5. The van der Waals surface area contributed by atoms with Crippen LogP contribution in [0.15, 0.2) is 48.5 Å². The number of rotatable bonds is 5. The smallest absolute Gasteiger partial charge is 0.325 e. The Kier molecular flexibility index (Phi) is 6.23. The number of nitrogens with zero attached hydrogens (tertiary/aromatic N) is 2. The second-order valence-electron chi connectivity index (χ2n) is 5.30. The monoisotopic (exact) mass is 421 g/mol. The summed E-state index contributed by atoms with van der Waals surface area (Å²) in [6, 6.07) is 13.3. The van der Waals surface area contributed by atoms with E-state index in [1.807, 2.05) is 18.2 Å². The van der Waals surface area contributed by atoms with Crippen LogP contribution in [0.25, 0.3) is 0 Å². The molecule has 0 aliphatic heterocycles. The van der Waals surface area contributed by atoms with E-state index in [2.05, 4.69) is 26.1 Å². The molecule has 0 saturated carbocycles. The Morgan fingerprint density at radius 2 is 1.74 bits per heavy atom. The molecule has 0 spiro atoms. The average molecular weight is 422 g/mol. The number of benzene rings is 2. The van der Waals surface area contributed by atoms with Crippen molar-refractivity contribution in [2.24, 2.45) is 0 Å². The molecule has 0 aliphatic carbocycles. The zero-order valence-electron chi connectivity index (χ0n) is 13.7. The Morgan fingerprint density at radius 1 is 0.963 bits per heavy atom. The van der Waals surface area contributed by atoms with Crippen LogP contribution in [0, 0.1) is 0 Å². The molecule has 3 amide bonds. The highest BCUT2D eigenvalue weighted by Gasteiger charge is 2.12. The molecular weight excluding hydrogens is 409 g/mol. The van der Waals surface area contributed by atoms with Crippen molar-refractivity contribution in [1.29, 1.82) is 0 Å². The summed E-state index contributed by atoms with van der Waals surface area (Å²) in [6.45, 7) is 0. The summed E-state index contributed by atoms with van der Waals surface area (Å²) in [4.78, 5) is 24.1. The van der Waals surface area contributed by atoms with Crippen LogP contribution in [-0.2, 0) is 11.2 Å². The number of carbonyl (C=O) groups excluding carboxylic acids is 2. The summed E-state index contributed by atoms with van der Waals surface area (Å²) in [7, 11) is 0. The van der Waals surface area contributed by atoms with E-state index in [-0.39, 0.29) is 17.5 Å². The Morgan fingerprint density at radius 3 is 2.48 bits per heavy atom. The van der Waals surface area contributed by atoms with Gasteiger partial charge in [-0.2, -0.15) is 0 Å². The minimum atomic E-state index is -0.532. The van der Waals surface area contributed by atoms with Crippen LogP contribution < -0.4 is 16.0 Å². The van der Waals surface area contributed by atoms with E-state index >= 15 is 0 Å². The predicted molar refractivity (Wildman–Crippen MR) is 108 cm³/mol. The van der Waals surface area contributed by atoms with E-state index in [1.54, 1.807) is 24.3 Å². The third kappa shape index (κ3) is 5.65. The van der Waals surface area contributed by atoms with Crippen molar-refractivity contribution < 1.29 is 9.59 Å². The lowest BCUT2D eigenvalue weighted by Crippen LogP contribution is -2.19. The standard InChI is InChI=1S/C17H13Cl2N5O2S/c18-10-6-7-13(12(19)8-10)21-16(26)22-17-24-23-15(27-17)9-14(25)20-11-4-2-1-3-5-11/h1-8H,9H2,(H,20,25)(H2,21,22,24,26). The highest BCUT2D eigenvalue weighted by atomic mass is 35.5. The Hall–Kier alpha value is -2.68. The fourth-order valence-corrected chi connectivity index (χ4v) is 3.27. The molecule has 0 unspecified atom stereocenters. The van der Waals surface area contributed by atoms with E-state index in [1.165, 1.54) is 6.07 Å². The first-order chi connectivity index (χ1) is 13.0. The molecular formula is C17H13Cl2N5O2S. The van der Waals surface area contributed by atoms with Gasteiger partial charge in [0.05, 0.1) is 17.1 Å². The Labute approximate surface area is 168 Å². The van der Waals surface area contributed by atoms with Gasteiger partial charge < -0.3 is 10.6 Å². The maximum atomic E-state index is 12.0. The van der Waals surface area contributed by atoms with E-state index < -0.39 is 6.03 Å². The summed E-state index contributed by atoms with van der Waals surface area (Å²) in [5.41, 5.74) is 1.11. The molecule has 1 aromatic heterocycles. The van der Waals surface area contributed by atoms with Crippen LogP contribution in [0.5, 0.6) is 0 Å². The van der Waals surface area contributed by atoms with Gasteiger partial charge in [-0.25, -0.2) is 4.79 Å². The topological polar surface area (TPSA) is 96.0 Å². The van der Waals surface area contributed by atoms with Crippen molar-refractivity contribution in [2.75, 3.05) is 16.0 Å².